The van der Waals surface area contributed by atoms with Gasteiger partial charge < -0.3 is 15.0 Å². The van der Waals surface area contributed by atoms with Crippen LogP contribution in [0, 0.1) is 19.3 Å². The highest BCUT2D eigenvalue weighted by Crippen LogP contribution is 2.56. The Kier molecular flexibility index (Phi) is 6.37. The normalized spacial score (nSPS) is 19.9. The summed E-state index contributed by atoms with van der Waals surface area (Å²) in [6.45, 7) is 6.75. The summed E-state index contributed by atoms with van der Waals surface area (Å²) in [5.41, 5.74) is 3.30. The van der Waals surface area contributed by atoms with Gasteiger partial charge in [0.05, 0.1) is 5.69 Å². The van der Waals surface area contributed by atoms with E-state index >= 15 is 0 Å². The average Bonchev–Trinajstić information content (AvgIpc) is 3.00. The second kappa shape index (κ2) is 8.43. The molecule has 1 saturated heterocycles. The third kappa shape index (κ3) is 4.07. The minimum atomic E-state index is 0. The third-order valence-corrected chi connectivity index (χ3v) is 6.89. The van der Waals surface area contributed by atoms with Crippen LogP contribution in [-0.2, 0) is 18.4 Å². The summed E-state index contributed by atoms with van der Waals surface area (Å²) in [5, 5.41) is 12.0. The van der Waals surface area contributed by atoms with Crippen LogP contribution in [0.15, 0.2) is 16.8 Å². The Morgan fingerprint density at radius 3 is 2.79 bits per heavy atom. The molecular formula is C20H29ClN4O2S. The number of amides is 1. The molecule has 1 aliphatic heterocycles. The van der Waals surface area contributed by atoms with E-state index in [-0.39, 0.29) is 24.9 Å². The number of nitrogens with one attached hydrogen (secondary N) is 1. The molecule has 0 bridgehead atoms. The maximum Gasteiger partial charge on any atom is 0.261 e. The maximum atomic E-state index is 13.1. The number of thiophene rings is 1. The maximum absolute atomic E-state index is 13.1. The monoisotopic (exact) mass is 424 g/mol. The van der Waals surface area contributed by atoms with Crippen molar-refractivity contribution in [1.82, 2.24) is 20.0 Å². The van der Waals surface area contributed by atoms with E-state index in [4.69, 9.17) is 4.74 Å². The van der Waals surface area contributed by atoms with Crippen molar-refractivity contribution >= 4 is 29.7 Å². The number of hydrogen-bond acceptors (Lipinski definition) is 5. The molecule has 2 aliphatic rings. The first-order valence-electron chi connectivity index (χ1n) is 9.64. The fraction of sp³-hybridized carbons (Fsp3) is 0.600. The first-order valence-corrected chi connectivity index (χ1v) is 10.6. The molecule has 1 amide bonds. The Hall–Kier alpha value is -1.57. The van der Waals surface area contributed by atoms with E-state index < -0.39 is 0 Å². The Balaban J connectivity index is 0.00000225. The van der Waals surface area contributed by atoms with Crippen LogP contribution in [0.5, 0.6) is 5.75 Å². The van der Waals surface area contributed by atoms with Crippen LogP contribution in [-0.4, -0.2) is 46.3 Å². The number of carbonyl (C=O) groups excluding carboxylic acids is 1. The Morgan fingerprint density at radius 2 is 2.18 bits per heavy atom. The Bertz CT molecular complexity index is 815. The minimum absolute atomic E-state index is 0. The topological polar surface area (TPSA) is 59.4 Å². The zero-order valence-electron chi connectivity index (χ0n) is 16.7. The molecule has 0 radical (unpaired) electrons. The van der Waals surface area contributed by atoms with E-state index in [2.05, 4.69) is 32.1 Å². The molecule has 1 atom stereocenters. The standard InChI is InChI=1S/C20H28N4O2S.ClH/c1-14-19(15(2)23(3)22-14)26-12-18(25)24(11-16-4-9-27-13-16)17-10-20(17)5-7-21-8-6-20;/h4,9,13,17,21H,5-8,10-12H2,1-3H3;1H. The molecule has 2 fully saturated rings. The molecule has 4 rings (SSSR count). The minimum Gasteiger partial charge on any atom is -0.480 e. The van der Waals surface area contributed by atoms with Crippen molar-refractivity contribution in [2.24, 2.45) is 12.5 Å². The number of aromatic nitrogens is 2. The van der Waals surface area contributed by atoms with E-state index in [9.17, 15) is 4.79 Å². The molecule has 6 nitrogen and oxygen atoms in total. The van der Waals surface area contributed by atoms with Gasteiger partial charge in [0.2, 0.25) is 0 Å². The van der Waals surface area contributed by atoms with Crippen molar-refractivity contribution in [3.05, 3.63) is 33.8 Å². The predicted octanol–water partition coefficient (Wildman–Crippen LogP) is 3.07. The number of hydrogen-bond donors (Lipinski definition) is 1. The molecule has 8 heteroatoms. The van der Waals surface area contributed by atoms with Gasteiger partial charge in [0, 0.05) is 19.6 Å². The Labute approximate surface area is 176 Å². The Morgan fingerprint density at radius 1 is 1.43 bits per heavy atom. The van der Waals surface area contributed by atoms with Gasteiger partial charge in [-0.1, -0.05) is 0 Å². The lowest BCUT2D eigenvalue weighted by Crippen LogP contribution is -2.41. The second-order valence-electron chi connectivity index (χ2n) is 7.90. The molecule has 2 aromatic heterocycles. The average molecular weight is 425 g/mol. The van der Waals surface area contributed by atoms with Gasteiger partial charge >= 0.3 is 0 Å². The van der Waals surface area contributed by atoms with Crippen LogP contribution in [0.2, 0.25) is 0 Å². The quantitative estimate of drug-likeness (QED) is 0.774. The highest BCUT2D eigenvalue weighted by molar-refractivity contribution is 7.07. The molecule has 28 heavy (non-hydrogen) atoms. The molecule has 1 N–H and O–H groups in total. The fourth-order valence-corrected chi connectivity index (χ4v) is 5.02. The van der Waals surface area contributed by atoms with Gasteiger partial charge in [-0.2, -0.15) is 16.4 Å². The molecule has 154 valence electrons. The lowest BCUT2D eigenvalue weighted by atomic mass is 9.93. The smallest absolute Gasteiger partial charge is 0.261 e. The van der Waals surface area contributed by atoms with E-state index in [1.807, 2.05) is 20.9 Å². The van der Waals surface area contributed by atoms with Crippen molar-refractivity contribution in [3.8, 4) is 5.75 Å². The van der Waals surface area contributed by atoms with E-state index in [1.165, 1.54) is 5.56 Å². The van der Waals surface area contributed by atoms with Crippen LogP contribution < -0.4 is 10.1 Å². The van der Waals surface area contributed by atoms with Gasteiger partial charge in [-0.05, 0) is 74.0 Å². The number of nitrogens with zero attached hydrogens (tertiary/aromatic N) is 3. The molecule has 2 aromatic rings. The van der Waals surface area contributed by atoms with E-state index in [1.54, 1.807) is 16.0 Å². The zero-order chi connectivity index (χ0) is 19.0. The first kappa shape index (κ1) is 21.1. The van der Waals surface area contributed by atoms with Crippen LogP contribution >= 0.6 is 23.7 Å². The SMILES string of the molecule is Cc1nn(C)c(C)c1OCC(=O)N(Cc1ccsc1)C1CC12CCNCC2.Cl. The number of rotatable bonds is 6. The fourth-order valence-electron chi connectivity index (χ4n) is 4.36. The van der Waals surface area contributed by atoms with Crippen LogP contribution in [0.4, 0.5) is 0 Å². The molecule has 1 saturated carbocycles. The number of aryl methyl sites for hydroxylation is 2. The van der Waals surface area contributed by atoms with Crippen LogP contribution in [0.3, 0.4) is 0 Å². The van der Waals surface area contributed by atoms with Gasteiger partial charge in [0.25, 0.3) is 5.91 Å². The van der Waals surface area contributed by atoms with Gasteiger partial charge in [-0.3, -0.25) is 9.48 Å². The van der Waals surface area contributed by atoms with Gasteiger partial charge in [-0.15, -0.1) is 12.4 Å². The molecule has 1 unspecified atom stereocenters. The number of piperidine rings is 1. The number of ether oxygens (including phenoxy) is 1. The summed E-state index contributed by atoms with van der Waals surface area (Å²) in [7, 11) is 1.89. The van der Waals surface area contributed by atoms with E-state index in [0.717, 1.165) is 49.5 Å². The van der Waals surface area contributed by atoms with Crippen molar-refractivity contribution in [1.29, 1.82) is 0 Å². The summed E-state index contributed by atoms with van der Waals surface area (Å²) in [6.07, 6.45) is 3.44. The highest BCUT2D eigenvalue weighted by Gasteiger charge is 2.57. The van der Waals surface area contributed by atoms with Crippen LogP contribution in [0.1, 0.15) is 36.2 Å². The van der Waals surface area contributed by atoms with Gasteiger partial charge in [-0.25, -0.2) is 0 Å². The lowest BCUT2D eigenvalue weighted by molar-refractivity contribution is -0.135. The third-order valence-electron chi connectivity index (χ3n) is 6.16. The summed E-state index contributed by atoms with van der Waals surface area (Å²) < 4.78 is 7.71. The van der Waals surface area contributed by atoms with Crippen molar-refractivity contribution < 1.29 is 9.53 Å². The van der Waals surface area contributed by atoms with Gasteiger partial charge in [0.1, 0.15) is 5.69 Å². The molecular weight excluding hydrogens is 396 g/mol. The summed E-state index contributed by atoms with van der Waals surface area (Å²) >= 11 is 1.68. The summed E-state index contributed by atoms with van der Waals surface area (Å²) in [5.74, 6) is 0.804. The molecule has 1 aliphatic carbocycles. The zero-order valence-corrected chi connectivity index (χ0v) is 18.4. The number of halogens is 1. The van der Waals surface area contributed by atoms with Crippen molar-refractivity contribution in [2.45, 2.75) is 45.7 Å². The molecule has 3 heterocycles. The molecule has 1 spiro atoms. The van der Waals surface area contributed by atoms with Gasteiger partial charge in [0.15, 0.2) is 12.4 Å². The van der Waals surface area contributed by atoms with Crippen LogP contribution in [0.25, 0.3) is 0 Å². The predicted molar refractivity (Wildman–Crippen MR) is 113 cm³/mol. The van der Waals surface area contributed by atoms with Crippen molar-refractivity contribution in [3.63, 3.8) is 0 Å². The lowest BCUT2D eigenvalue weighted by Gasteiger charge is -2.29. The molecule has 0 aromatic carbocycles. The van der Waals surface area contributed by atoms with E-state index in [0.29, 0.717) is 18.0 Å². The number of carbonyl (C=O) groups is 1. The summed E-state index contributed by atoms with van der Waals surface area (Å²) in [4.78, 5) is 15.2. The first-order chi connectivity index (χ1) is 13.0. The highest BCUT2D eigenvalue weighted by atomic mass is 35.5. The second-order valence-corrected chi connectivity index (χ2v) is 8.68. The van der Waals surface area contributed by atoms with Crippen molar-refractivity contribution in [2.75, 3.05) is 19.7 Å². The largest absolute Gasteiger partial charge is 0.480 e. The summed E-state index contributed by atoms with van der Waals surface area (Å²) in [6, 6.07) is 2.45.